The van der Waals surface area contributed by atoms with Crippen LogP contribution in [0.2, 0.25) is 0 Å². The van der Waals surface area contributed by atoms with Crippen molar-refractivity contribution >= 4 is 11.8 Å². The minimum absolute atomic E-state index is 0.159. The van der Waals surface area contributed by atoms with Crippen molar-refractivity contribution in [1.82, 2.24) is 10.2 Å². The molecule has 0 spiro atoms. The van der Waals surface area contributed by atoms with Crippen molar-refractivity contribution in [3.05, 3.63) is 35.9 Å². The normalized spacial score (nSPS) is 17.0. The molecule has 1 aliphatic heterocycles. The third-order valence-electron chi connectivity index (χ3n) is 3.60. The van der Waals surface area contributed by atoms with Crippen LogP contribution in [0.5, 0.6) is 0 Å². The molecule has 0 saturated carbocycles. The number of amides is 2. The van der Waals surface area contributed by atoms with Crippen LogP contribution in [0.15, 0.2) is 30.3 Å². The van der Waals surface area contributed by atoms with E-state index in [1.807, 2.05) is 42.2 Å². The number of rotatable bonds is 6. The first kappa shape index (κ1) is 15.7. The Morgan fingerprint density at radius 2 is 1.90 bits per heavy atom. The highest BCUT2D eigenvalue weighted by molar-refractivity contribution is 5.96. The molecular weight excluding hydrogens is 268 g/mol. The van der Waals surface area contributed by atoms with Crippen LogP contribution in [0.4, 0.5) is 0 Å². The number of nitrogens with zero attached hydrogens (tertiary/aromatic N) is 1. The summed E-state index contributed by atoms with van der Waals surface area (Å²) < 4.78 is 0. The van der Waals surface area contributed by atoms with Gasteiger partial charge in [0.05, 0.1) is 18.6 Å². The van der Waals surface area contributed by atoms with E-state index in [0.29, 0.717) is 13.1 Å². The highest BCUT2D eigenvalue weighted by Crippen LogP contribution is 2.24. The van der Waals surface area contributed by atoms with Gasteiger partial charge in [-0.25, -0.2) is 0 Å². The Labute approximate surface area is 125 Å². The lowest BCUT2D eigenvalue weighted by Gasteiger charge is -2.46. The molecular formula is C16H22N2O3. The van der Waals surface area contributed by atoms with Crippen LogP contribution in [0.1, 0.15) is 25.3 Å². The number of likely N-dealkylation sites (tertiary alicyclic amines) is 1. The monoisotopic (exact) mass is 290 g/mol. The van der Waals surface area contributed by atoms with Gasteiger partial charge in [0, 0.05) is 13.1 Å². The average Bonchev–Trinajstić information content (AvgIpc) is 2.38. The van der Waals surface area contributed by atoms with Gasteiger partial charge in [0.25, 0.3) is 0 Å². The number of carbonyl (C=O) groups is 2. The molecule has 0 atom stereocenters. The smallest absolute Gasteiger partial charge is 0.240 e. The maximum Gasteiger partial charge on any atom is 0.240 e. The van der Waals surface area contributed by atoms with Crippen molar-refractivity contribution in [2.45, 2.75) is 31.8 Å². The van der Waals surface area contributed by atoms with Gasteiger partial charge in [0.15, 0.2) is 0 Å². The zero-order valence-electron chi connectivity index (χ0n) is 12.3. The van der Waals surface area contributed by atoms with Gasteiger partial charge in [-0.05, 0) is 12.0 Å². The molecule has 1 aliphatic rings. The van der Waals surface area contributed by atoms with Gasteiger partial charge in [-0.15, -0.1) is 0 Å². The molecule has 0 aliphatic carbocycles. The lowest BCUT2D eigenvalue weighted by Crippen LogP contribution is -2.63. The van der Waals surface area contributed by atoms with E-state index in [9.17, 15) is 14.7 Å². The minimum Gasteiger partial charge on any atom is -0.387 e. The fourth-order valence-corrected chi connectivity index (χ4v) is 2.74. The van der Waals surface area contributed by atoms with Gasteiger partial charge in [0.2, 0.25) is 11.8 Å². The summed E-state index contributed by atoms with van der Waals surface area (Å²) >= 11 is 0. The Morgan fingerprint density at radius 3 is 2.52 bits per heavy atom. The van der Waals surface area contributed by atoms with Crippen LogP contribution >= 0.6 is 0 Å². The number of carbonyl (C=O) groups excluding carboxylic acids is 2. The Balaban J connectivity index is 1.70. The number of β-amino-alcohol motifs (C(OH)–C–C–N with tert-alkyl or cyclic N) is 1. The number of hydrogen-bond acceptors (Lipinski definition) is 4. The topological polar surface area (TPSA) is 69.6 Å². The van der Waals surface area contributed by atoms with E-state index in [4.69, 9.17) is 0 Å². The van der Waals surface area contributed by atoms with Gasteiger partial charge in [-0.2, -0.15) is 0 Å². The molecule has 0 radical (unpaired) electrons. The van der Waals surface area contributed by atoms with Crippen molar-refractivity contribution in [2.75, 3.05) is 19.6 Å². The second kappa shape index (κ2) is 6.83. The zero-order chi connectivity index (χ0) is 15.3. The molecule has 1 heterocycles. The Morgan fingerprint density at radius 1 is 1.24 bits per heavy atom. The number of nitrogens with one attached hydrogen (secondary N) is 1. The molecule has 5 nitrogen and oxygen atoms in total. The van der Waals surface area contributed by atoms with Gasteiger partial charge in [-0.3, -0.25) is 19.8 Å². The second-order valence-electron chi connectivity index (χ2n) is 5.75. The lowest BCUT2D eigenvalue weighted by molar-refractivity contribution is -0.137. The molecule has 0 aromatic heterocycles. The fraction of sp³-hybridized carbons (Fsp3) is 0.500. The summed E-state index contributed by atoms with van der Waals surface area (Å²) in [5.41, 5.74) is 0.229. The summed E-state index contributed by atoms with van der Waals surface area (Å²) in [6, 6.07) is 9.31. The van der Waals surface area contributed by atoms with Gasteiger partial charge in [0.1, 0.15) is 0 Å². The van der Waals surface area contributed by atoms with Crippen molar-refractivity contribution in [3.63, 3.8) is 0 Å². The largest absolute Gasteiger partial charge is 0.387 e. The van der Waals surface area contributed by atoms with Crippen LogP contribution in [0.25, 0.3) is 0 Å². The molecule has 114 valence electrons. The van der Waals surface area contributed by atoms with E-state index in [-0.39, 0.29) is 24.8 Å². The number of imide groups is 1. The van der Waals surface area contributed by atoms with Crippen LogP contribution in [0, 0.1) is 0 Å². The fourth-order valence-electron chi connectivity index (χ4n) is 2.74. The van der Waals surface area contributed by atoms with Crippen molar-refractivity contribution < 1.29 is 14.7 Å². The van der Waals surface area contributed by atoms with Gasteiger partial charge >= 0.3 is 0 Å². The Bertz CT molecular complexity index is 496. The Kier molecular flexibility index (Phi) is 5.09. The Hall–Kier alpha value is -1.72. The molecule has 2 rings (SSSR count). The molecule has 2 N–H and O–H groups in total. The quantitative estimate of drug-likeness (QED) is 0.810. The van der Waals surface area contributed by atoms with E-state index >= 15 is 0 Å². The van der Waals surface area contributed by atoms with Crippen molar-refractivity contribution in [1.29, 1.82) is 0 Å². The standard InChI is InChI=1S/C16H22N2O3/c1-2-8-16(21)11-18(12-16)10-15(20)17-14(19)9-13-6-4-3-5-7-13/h3-7,21H,2,8-12H2,1H3,(H,17,19,20). The number of aliphatic hydroxyl groups is 1. The van der Waals surface area contributed by atoms with Crippen molar-refractivity contribution in [2.24, 2.45) is 0 Å². The molecule has 0 bridgehead atoms. The van der Waals surface area contributed by atoms with Crippen LogP contribution in [0.3, 0.4) is 0 Å². The number of benzene rings is 1. The predicted molar refractivity (Wildman–Crippen MR) is 79.6 cm³/mol. The highest BCUT2D eigenvalue weighted by atomic mass is 16.3. The van der Waals surface area contributed by atoms with Crippen LogP contribution in [-0.4, -0.2) is 47.1 Å². The second-order valence-corrected chi connectivity index (χ2v) is 5.75. The van der Waals surface area contributed by atoms with Gasteiger partial charge in [-0.1, -0.05) is 43.7 Å². The average molecular weight is 290 g/mol. The van der Waals surface area contributed by atoms with E-state index < -0.39 is 5.60 Å². The van der Waals surface area contributed by atoms with Crippen LogP contribution in [-0.2, 0) is 16.0 Å². The van der Waals surface area contributed by atoms with Gasteiger partial charge < -0.3 is 5.11 Å². The summed E-state index contributed by atoms with van der Waals surface area (Å²) in [4.78, 5) is 25.3. The van der Waals surface area contributed by atoms with E-state index in [1.165, 1.54) is 0 Å². The molecule has 1 aromatic rings. The first-order chi connectivity index (χ1) is 10.0. The molecule has 1 saturated heterocycles. The predicted octanol–water partition coefficient (Wildman–Crippen LogP) is 0.719. The zero-order valence-corrected chi connectivity index (χ0v) is 12.3. The van der Waals surface area contributed by atoms with Crippen LogP contribution < -0.4 is 5.32 Å². The molecule has 0 unspecified atom stereocenters. The molecule has 5 heteroatoms. The summed E-state index contributed by atoms with van der Waals surface area (Å²) in [7, 11) is 0. The molecule has 1 aromatic carbocycles. The third-order valence-corrected chi connectivity index (χ3v) is 3.60. The molecule has 21 heavy (non-hydrogen) atoms. The first-order valence-electron chi connectivity index (χ1n) is 7.32. The SMILES string of the molecule is CCCC1(O)CN(CC(=O)NC(=O)Cc2ccccc2)C1. The maximum atomic E-state index is 11.8. The molecule has 1 fully saturated rings. The minimum atomic E-state index is -0.650. The highest BCUT2D eigenvalue weighted by Gasteiger charge is 2.40. The summed E-state index contributed by atoms with van der Waals surface area (Å²) in [5.74, 6) is -0.606. The van der Waals surface area contributed by atoms with E-state index in [0.717, 1.165) is 18.4 Å². The summed E-state index contributed by atoms with van der Waals surface area (Å²) in [6.45, 7) is 3.18. The van der Waals surface area contributed by atoms with E-state index in [2.05, 4.69) is 5.32 Å². The summed E-state index contributed by atoms with van der Waals surface area (Å²) in [6.07, 6.45) is 1.87. The first-order valence-corrected chi connectivity index (χ1v) is 7.32. The summed E-state index contributed by atoms with van der Waals surface area (Å²) in [5, 5.41) is 12.4. The van der Waals surface area contributed by atoms with E-state index in [1.54, 1.807) is 0 Å². The lowest BCUT2D eigenvalue weighted by atomic mass is 9.89. The maximum absolute atomic E-state index is 11.8. The number of hydrogen-bond donors (Lipinski definition) is 2. The van der Waals surface area contributed by atoms with Crippen molar-refractivity contribution in [3.8, 4) is 0 Å². The molecule has 2 amide bonds. The third kappa shape index (κ3) is 4.65.